The molecular formula is C9H19N3O2S. The molecule has 88 valence electrons. The van der Waals surface area contributed by atoms with Crippen molar-refractivity contribution >= 4 is 16.7 Å². The summed E-state index contributed by atoms with van der Waals surface area (Å²) in [5, 5.41) is 0. The number of carbonyl (C=O) groups is 1. The molecule has 1 heterocycles. The van der Waals surface area contributed by atoms with Crippen LogP contribution in [0.2, 0.25) is 0 Å². The van der Waals surface area contributed by atoms with Crippen LogP contribution in [0.15, 0.2) is 0 Å². The first-order valence-electron chi connectivity index (χ1n) is 5.29. The fraction of sp³-hybridized carbons (Fsp3) is 0.889. The van der Waals surface area contributed by atoms with Crippen LogP contribution >= 0.6 is 0 Å². The van der Waals surface area contributed by atoms with Crippen molar-refractivity contribution in [2.75, 3.05) is 31.1 Å². The van der Waals surface area contributed by atoms with Crippen molar-refractivity contribution in [3.8, 4) is 0 Å². The van der Waals surface area contributed by atoms with Crippen molar-refractivity contribution in [3.63, 3.8) is 0 Å². The number of carbonyl (C=O) groups excluding carboxylic acids is 1. The van der Waals surface area contributed by atoms with Crippen LogP contribution in [-0.4, -0.2) is 46.2 Å². The molecule has 1 saturated heterocycles. The van der Waals surface area contributed by atoms with Crippen LogP contribution in [0.25, 0.3) is 0 Å². The second-order valence-corrected chi connectivity index (χ2v) is 5.41. The maximum Gasteiger partial charge on any atom is 0.233 e. The number of nitrogens with two attached hydrogens (primary N) is 1. The molecule has 0 radical (unpaired) electrons. The van der Waals surface area contributed by atoms with Gasteiger partial charge in [0.1, 0.15) is 0 Å². The van der Waals surface area contributed by atoms with Crippen molar-refractivity contribution in [3.05, 3.63) is 0 Å². The molecule has 0 saturated carbocycles. The zero-order valence-electron chi connectivity index (χ0n) is 8.91. The molecule has 0 aromatic rings. The second kappa shape index (κ2) is 6.92. The van der Waals surface area contributed by atoms with Gasteiger partial charge in [0.2, 0.25) is 5.91 Å². The molecule has 1 fully saturated rings. The molecule has 5 nitrogen and oxygen atoms in total. The van der Waals surface area contributed by atoms with E-state index in [1.165, 1.54) is 0 Å². The fourth-order valence-electron chi connectivity index (χ4n) is 1.59. The van der Waals surface area contributed by atoms with Gasteiger partial charge in [-0.05, 0) is 19.4 Å². The third kappa shape index (κ3) is 5.25. The van der Waals surface area contributed by atoms with E-state index < -0.39 is 10.8 Å². The van der Waals surface area contributed by atoms with Crippen LogP contribution in [0.4, 0.5) is 0 Å². The highest BCUT2D eigenvalue weighted by Gasteiger charge is 2.14. The summed E-state index contributed by atoms with van der Waals surface area (Å²) in [5.41, 5.74) is 2.12. The lowest BCUT2D eigenvalue weighted by atomic mass is 10.2. The third-order valence-corrected chi connectivity index (χ3v) is 3.84. The first-order valence-corrected chi connectivity index (χ1v) is 6.78. The van der Waals surface area contributed by atoms with Crippen LogP contribution in [0.5, 0.6) is 0 Å². The Morgan fingerprint density at radius 1 is 1.33 bits per heavy atom. The van der Waals surface area contributed by atoms with E-state index in [2.05, 4.69) is 10.3 Å². The molecule has 0 aromatic carbocycles. The Balaban J connectivity index is 2.00. The Labute approximate surface area is 92.8 Å². The normalized spacial score (nSPS) is 19.0. The Bertz CT molecular complexity index is 225. The van der Waals surface area contributed by atoms with Crippen molar-refractivity contribution < 1.29 is 9.00 Å². The molecule has 0 spiro atoms. The van der Waals surface area contributed by atoms with Crippen LogP contribution in [0, 0.1) is 0 Å². The Kier molecular flexibility index (Phi) is 5.82. The van der Waals surface area contributed by atoms with Crippen molar-refractivity contribution in [1.82, 2.24) is 10.3 Å². The van der Waals surface area contributed by atoms with Gasteiger partial charge in [-0.25, -0.2) is 5.84 Å². The highest BCUT2D eigenvalue weighted by Crippen LogP contribution is 2.03. The van der Waals surface area contributed by atoms with Gasteiger partial charge in [-0.2, -0.15) is 0 Å². The minimum Gasteiger partial charge on any atom is -0.302 e. The number of hydrogen-bond acceptors (Lipinski definition) is 4. The van der Waals surface area contributed by atoms with Gasteiger partial charge in [-0.15, -0.1) is 0 Å². The summed E-state index contributed by atoms with van der Waals surface area (Å²) in [7, 11) is -0.599. The van der Waals surface area contributed by atoms with Gasteiger partial charge in [-0.1, -0.05) is 0 Å². The van der Waals surface area contributed by atoms with Crippen molar-refractivity contribution in [2.24, 2.45) is 5.84 Å². The van der Waals surface area contributed by atoms with Crippen LogP contribution < -0.4 is 11.3 Å². The summed E-state index contributed by atoms with van der Waals surface area (Å²) in [5.74, 6) is 6.46. The minimum absolute atomic E-state index is 0.102. The van der Waals surface area contributed by atoms with E-state index in [0.717, 1.165) is 44.0 Å². The van der Waals surface area contributed by atoms with E-state index in [9.17, 15) is 9.00 Å². The molecule has 0 unspecified atom stereocenters. The molecule has 3 N–H and O–H groups in total. The largest absolute Gasteiger partial charge is 0.302 e. The zero-order chi connectivity index (χ0) is 11.1. The number of amides is 1. The summed E-state index contributed by atoms with van der Waals surface area (Å²) in [6.45, 7) is 2.85. The highest BCUT2D eigenvalue weighted by molar-refractivity contribution is 7.85. The highest BCUT2D eigenvalue weighted by atomic mass is 32.2. The second-order valence-electron chi connectivity index (χ2n) is 3.71. The molecule has 6 heteroatoms. The Morgan fingerprint density at radius 3 is 2.60 bits per heavy atom. The molecule has 1 aliphatic rings. The minimum atomic E-state index is -0.599. The number of nitrogens with one attached hydrogen (secondary N) is 1. The summed E-state index contributed by atoms with van der Waals surface area (Å²) in [4.78, 5) is 13.1. The van der Waals surface area contributed by atoms with Gasteiger partial charge in [-0.3, -0.25) is 14.4 Å². The van der Waals surface area contributed by atoms with E-state index in [1.54, 1.807) is 0 Å². The lowest BCUT2D eigenvalue weighted by molar-refractivity contribution is -0.121. The molecule has 1 amide bonds. The first-order chi connectivity index (χ1) is 7.22. The molecule has 0 aromatic heterocycles. The van der Waals surface area contributed by atoms with E-state index in [0.29, 0.717) is 6.42 Å². The van der Waals surface area contributed by atoms with E-state index in [-0.39, 0.29) is 5.91 Å². The predicted octanol–water partition coefficient (Wildman–Crippen LogP) is -0.789. The van der Waals surface area contributed by atoms with Gasteiger partial charge in [0.25, 0.3) is 0 Å². The van der Waals surface area contributed by atoms with Crippen LogP contribution in [0.1, 0.15) is 19.3 Å². The van der Waals surface area contributed by atoms with E-state index >= 15 is 0 Å². The maximum absolute atomic E-state index is 11.1. The number of hydrazine groups is 1. The predicted molar refractivity (Wildman–Crippen MR) is 60.5 cm³/mol. The summed E-state index contributed by atoms with van der Waals surface area (Å²) in [6.07, 6.45) is 2.36. The standard InChI is InChI=1S/C9H19N3O2S/c10-11-9(13)3-1-2-4-12-5-7-15(14)8-6-12/h1-8,10H2,(H,11,13). The van der Waals surface area contributed by atoms with E-state index in [4.69, 9.17) is 5.84 Å². The number of unbranched alkanes of at least 4 members (excludes halogenated alkanes) is 1. The molecule has 1 rings (SSSR count). The van der Waals surface area contributed by atoms with E-state index in [1.807, 2.05) is 0 Å². The summed E-state index contributed by atoms with van der Waals surface area (Å²) < 4.78 is 11.1. The van der Waals surface area contributed by atoms with Gasteiger partial charge >= 0.3 is 0 Å². The SMILES string of the molecule is NNC(=O)CCCCN1CCS(=O)CC1. The lowest BCUT2D eigenvalue weighted by Crippen LogP contribution is -2.38. The fourth-order valence-corrected chi connectivity index (χ4v) is 2.72. The van der Waals surface area contributed by atoms with Gasteiger partial charge in [0.05, 0.1) is 0 Å². The quantitative estimate of drug-likeness (QED) is 0.282. The van der Waals surface area contributed by atoms with Crippen molar-refractivity contribution in [2.45, 2.75) is 19.3 Å². The third-order valence-electron chi connectivity index (χ3n) is 2.56. The molecule has 15 heavy (non-hydrogen) atoms. The Morgan fingerprint density at radius 2 is 2.00 bits per heavy atom. The van der Waals surface area contributed by atoms with Gasteiger partial charge < -0.3 is 4.90 Å². The average molecular weight is 233 g/mol. The van der Waals surface area contributed by atoms with Gasteiger partial charge in [0.15, 0.2) is 0 Å². The number of rotatable bonds is 5. The summed E-state index contributed by atoms with van der Waals surface area (Å²) in [6, 6.07) is 0. The lowest BCUT2D eigenvalue weighted by Gasteiger charge is -2.25. The monoisotopic (exact) mass is 233 g/mol. The molecule has 1 aliphatic heterocycles. The smallest absolute Gasteiger partial charge is 0.233 e. The maximum atomic E-state index is 11.1. The molecular weight excluding hydrogens is 214 g/mol. The zero-order valence-corrected chi connectivity index (χ0v) is 9.72. The first kappa shape index (κ1) is 12.6. The Hall–Kier alpha value is -0.460. The van der Waals surface area contributed by atoms with Gasteiger partial charge in [0, 0.05) is 41.8 Å². The molecule has 0 atom stereocenters. The summed E-state index contributed by atoms with van der Waals surface area (Å²) >= 11 is 0. The molecule has 0 aliphatic carbocycles. The number of hydrogen-bond donors (Lipinski definition) is 2. The average Bonchev–Trinajstić information content (AvgIpc) is 2.26. The number of nitrogens with zero attached hydrogens (tertiary/aromatic N) is 1. The van der Waals surface area contributed by atoms with Crippen LogP contribution in [0.3, 0.4) is 0 Å². The molecule has 0 bridgehead atoms. The van der Waals surface area contributed by atoms with Crippen LogP contribution in [-0.2, 0) is 15.6 Å². The topological polar surface area (TPSA) is 75.4 Å². The van der Waals surface area contributed by atoms with Crippen molar-refractivity contribution in [1.29, 1.82) is 0 Å².